The number of ether oxygens (including phenoxy) is 1. The molecule has 0 aromatic heterocycles. The fraction of sp³-hybridized carbons (Fsp3) is 0.188. The third-order valence-corrected chi connectivity index (χ3v) is 4.01. The number of nitrogens with one attached hydrogen (secondary N) is 1. The summed E-state index contributed by atoms with van der Waals surface area (Å²) >= 11 is 6.79. The molecule has 0 spiro atoms. The van der Waals surface area contributed by atoms with Crippen LogP contribution in [0.2, 0.25) is 0 Å². The molecule has 0 bridgehead atoms. The van der Waals surface area contributed by atoms with Crippen molar-refractivity contribution in [2.24, 2.45) is 0 Å². The van der Waals surface area contributed by atoms with Crippen molar-refractivity contribution >= 4 is 43.5 Å². The number of carbonyl (C=O) groups is 1. The molecule has 0 aliphatic carbocycles. The highest BCUT2D eigenvalue weighted by molar-refractivity contribution is 9.11. The minimum atomic E-state index is -0.581. The first-order valence-electron chi connectivity index (χ1n) is 6.45. The van der Waals surface area contributed by atoms with Crippen molar-refractivity contribution in [2.45, 2.75) is 20.0 Å². The maximum absolute atomic E-state index is 12.2. The number of hydrogen-bond acceptors (Lipinski definition) is 2. The summed E-state index contributed by atoms with van der Waals surface area (Å²) < 4.78 is 7.41. The van der Waals surface area contributed by atoms with Crippen LogP contribution in [-0.2, 0) is 4.79 Å². The largest absolute Gasteiger partial charge is 0.481 e. The fourth-order valence-electron chi connectivity index (χ4n) is 1.77. The normalized spacial score (nSPS) is 11.8. The third kappa shape index (κ3) is 4.58. The molecule has 1 amide bonds. The van der Waals surface area contributed by atoms with E-state index in [1.165, 1.54) is 0 Å². The fourth-order valence-corrected chi connectivity index (χ4v) is 2.92. The lowest BCUT2D eigenvalue weighted by Crippen LogP contribution is -2.30. The summed E-state index contributed by atoms with van der Waals surface area (Å²) in [6.07, 6.45) is -0.581. The van der Waals surface area contributed by atoms with E-state index in [9.17, 15) is 4.79 Å². The van der Waals surface area contributed by atoms with Gasteiger partial charge in [0.25, 0.3) is 5.91 Å². The zero-order valence-corrected chi connectivity index (χ0v) is 14.9. The average Bonchev–Trinajstić information content (AvgIpc) is 2.41. The van der Waals surface area contributed by atoms with Crippen molar-refractivity contribution in [3.05, 3.63) is 57.0 Å². The number of carbonyl (C=O) groups excluding carboxylic acids is 1. The van der Waals surface area contributed by atoms with E-state index in [0.29, 0.717) is 11.4 Å². The molecule has 3 nitrogen and oxygen atoms in total. The number of aryl methyl sites for hydroxylation is 1. The molecule has 0 saturated heterocycles. The second-order valence-electron chi connectivity index (χ2n) is 4.69. The van der Waals surface area contributed by atoms with Crippen molar-refractivity contribution in [2.75, 3.05) is 5.32 Å². The Morgan fingerprint density at radius 2 is 1.95 bits per heavy atom. The van der Waals surface area contributed by atoms with Crippen LogP contribution in [0.4, 0.5) is 5.69 Å². The number of anilines is 1. The van der Waals surface area contributed by atoms with E-state index >= 15 is 0 Å². The predicted molar refractivity (Wildman–Crippen MR) is 91.7 cm³/mol. The first-order chi connectivity index (χ1) is 9.95. The van der Waals surface area contributed by atoms with Crippen LogP contribution < -0.4 is 10.1 Å². The van der Waals surface area contributed by atoms with Crippen LogP contribution >= 0.6 is 31.9 Å². The number of amides is 1. The molecule has 0 aliphatic rings. The van der Waals surface area contributed by atoms with Crippen LogP contribution in [0.25, 0.3) is 0 Å². The van der Waals surface area contributed by atoms with Gasteiger partial charge in [-0.25, -0.2) is 0 Å². The van der Waals surface area contributed by atoms with Crippen LogP contribution in [0.1, 0.15) is 12.5 Å². The zero-order valence-electron chi connectivity index (χ0n) is 11.7. The van der Waals surface area contributed by atoms with Gasteiger partial charge in [-0.05, 0) is 65.7 Å². The molecule has 2 aromatic carbocycles. The Morgan fingerprint density at radius 3 is 2.62 bits per heavy atom. The first kappa shape index (κ1) is 16.0. The zero-order chi connectivity index (χ0) is 15.4. The Labute approximate surface area is 141 Å². The topological polar surface area (TPSA) is 38.3 Å². The number of halogens is 2. The third-order valence-electron chi connectivity index (χ3n) is 2.86. The lowest BCUT2D eigenvalue weighted by molar-refractivity contribution is -0.122. The van der Waals surface area contributed by atoms with Gasteiger partial charge in [0.15, 0.2) is 6.10 Å². The summed E-state index contributed by atoms with van der Waals surface area (Å²) in [7, 11) is 0. The molecular weight excluding hydrogens is 398 g/mol. The SMILES string of the molecule is Cc1cccc(OC(C)C(=O)Nc2ccc(Br)cc2Br)c1. The van der Waals surface area contributed by atoms with E-state index < -0.39 is 6.10 Å². The molecule has 0 aliphatic heterocycles. The lowest BCUT2D eigenvalue weighted by atomic mass is 10.2. The summed E-state index contributed by atoms with van der Waals surface area (Å²) in [6.45, 7) is 3.71. The summed E-state index contributed by atoms with van der Waals surface area (Å²) in [5.41, 5.74) is 1.80. The van der Waals surface area contributed by atoms with Crippen molar-refractivity contribution in [1.29, 1.82) is 0 Å². The molecule has 0 saturated carbocycles. The molecular formula is C16H15Br2NO2. The highest BCUT2D eigenvalue weighted by Gasteiger charge is 2.16. The predicted octanol–water partition coefficient (Wildman–Crippen LogP) is 4.93. The van der Waals surface area contributed by atoms with Gasteiger partial charge in [-0.2, -0.15) is 0 Å². The molecule has 1 atom stereocenters. The second-order valence-corrected chi connectivity index (χ2v) is 6.46. The summed E-state index contributed by atoms with van der Waals surface area (Å²) in [5.74, 6) is 0.493. The van der Waals surface area contributed by atoms with E-state index in [1.807, 2.05) is 49.4 Å². The smallest absolute Gasteiger partial charge is 0.265 e. The van der Waals surface area contributed by atoms with E-state index in [1.54, 1.807) is 6.92 Å². The van der Waals surface area contributed by atoms with Crippen molar-refractivity contribution in [3.8, 4) is 5.75 Å². The summed E-state index contributed by atoms with van der Waals surface area (Å²) in [4.78, 5) is 12.2. The minimum absolute atomic E-state index is 0.195. The Balaban J connectivity index is 2.02. The van der Waals surface area contributed by atoms with Gasteiger partial charge >= 0.3 is 0 Å². The van der Waals surface area contributed by atoms with E-state index in [2.05, 4.69) is 37.2 Å². The molecule has 2 rings (SSSR count). The van der Waals surface area contributed by atoms with Crippen molar-refractivity contribution in [3.63, 3.8) is 0 Å². The van der Waals surface area contributed by atoms with Crippen LogP contribution in [-0.4, -0.2) is 12.0 Å². The molecule has 0 radical (unpaired) electrons. The van der Waals surface area contributed by atoms with E-state index in [4.69, 9.17) is 4.74 Å². The highest BCUT2D eigenvalue weighted by Crippen LogP contribution is 2.26. The maximum atomic E-state index is 12.2. The molecule has 0 heterocycles. The van der Waals surface area contributed by atoms with Gasteiger partial charge in [-0.15, -0.1) is 0 Å². The van der Waals surface area contributed by atoms with Gasteiger partial charge in [0.1, 0.15) is 5.75 Å². The minimum Gasteiger partial charge on any atom is -0.481 e. The molecule has 0 fully saturated rings. The Morgan fingerprint density at radius 1 is 1.19 bits per heavy atom. The number of benzene rings is 2. The first-order valence-corrected chi connectivity index (χ1v) is 8.03. The molecule has 2 aromatic rings. The van der Waals surface area contributed by atoms with Gasteiger partial charge in [-0.1, -0.05) is 28.1 Å². The summed E-state index contributed by atoms with van der Waals surface area (Å²) in [6, 6.07) is 13.2. The quantitative estimate of drug-likeness (QED) is 0.773. The van der Waals surface area contributed by atoms with Gasteiger partial charge in [0.2, 0.25) is 0 Å². The Bertz CT molecular complexity index is 658. The van der Waals surface area contributed by atoms with Crippen LogP contribution in [0.15, 0.2) is 51.4 Å². The Kier molecular flexibility index (Phi) is 5.42. The van der Waals surface area contributed by atoms with Gasteiger partial charge in [0, 0.05) is 8.95 Å². The summed E-state index contributed by atoms with van der Waals surface area (Å²) in [5, 5.41) is 2.84. The number of rotatable bonds is 4. The van der Waals surface area contributed by atoms with Gasteiger partial charge in [-0.3, -0.25) is 4.79 Å². The Hall–Kier alpha value is -1.33. The second kappa shape index (κ2) is 7.09. The number of hydrogen-bond donors (Lipinski definition) is 1. The van der Waals surface area contributed by atoms with Gasteiger partial charge in [0.05, 0.1) is 5.69 Å². The van der Waals surface area contributed by atoms with Crippen LogP contribution in [0.3, 0.4) is 0 Å². The highest BCUT2D eigenvalue weighted by atomic mass is 79.9. The standard InChI is InChI=1S/C16H15Br2NO2/c1-10-4-3-5-13(8-10)21-11(2)16(20)19-15-7-6-12(17)9-14(15)18/h3-9,11H,1-2H3,(H,19,20). The monoisotopic (exact) mass is 411 g/mol. The van der Waals surface area contributed by atoms with E-state index in [-0.39, 0.29) is 5.91 Å². The molecule has 110 valence electrons. The van der Waals surface area contributed by atoms with Crippen LogP contribution in [0, 0.1) is 6.92 Å². The lowest BCUT2D eigenvalue weighted by Gasteiger charge is -2.15. The molecule has 21 heavy (non-hydrogen) atoms. The van der Waals surface area contributed by atoms with Gasteiger partial charge < -0.3 is 10.1 Å². The molecule has 5 heteroatoms. The van der Waals surface area contributed by atoms with Crippen LogP contribution in [0.5, 0.6) is 5.75 Å². The van der Waals surface area contributed by atoms with Crippen molar-refractivity contribution in [1.82, 2.24) is 0 Å². The average molecular weight is 413 g/mol. The van der Waals surface area contributed by atoms with Crippen molar-refractivity contribution < 1.29 is 9.53 Å². The maximum Gasteiger partial charge on any atom is 0.265 e. The molecule has 1 N–H and O–H groups in total. The van der Waals surface area contributed by atoms with E-state index in [0.717, 1.165) is 14.5 Å². The molecule has 1 unspecified atom stereocenters.